The SMILES string of the molecule is CC(C)C1C2CC(C1C(C)(C)C)C(C(C)(C)O)C2. The van der Waals surface area contributed by atoms with E-state index in [0.29, 0.717) is 11.3 Å². The largest absolute Gasteiger partial charge is 0.390 e. The molecule has 0 aromatic heterocycles. The normalized spacial score (nSPS) is 40.8. The topological polar surface area (TPSA) is 20.2 Å². The predicted octanol–water partition coefficient (Wildman–Crippen LogP) is 4.35. The Balaban J connectivity index is 2.30. The van der Waals surface area contributed by atoms with Gasteiger partial charge < -0.3 is 5.11 Å². The summed E-state index contributed by atoms with van der Waals surface area (Å²) >= 11 is 0. The molecular formula is C17H32O. The average Bonchev–Trinajstić information content (AvgIpc) is 2.69. The van der Waals surface area contributed by atoms with Crippen molar-refractivity contribution in [3.05, 3.63) is 0 Å². The highest BCUT2D eigenvalue weighted by molar-refractivity contribution is 5.07. The van der Waals surface area contributed by atoms with E-state index in [2.05, 4.69) is 34.6 Å². The Hall–Kier alpha value is -0.0400. The zero-order valence-electron chi connectivity index (χ0n) is 13.3. The minimum absolute atomic E-state index is 0.373. The number of aliphatic hydroxyl groups is 1. The molecule has 0 saturated heterocycles. The van der Waals surface area contributed by atoms with Gasteiger partial charge in [-0.15, -0.1) is 0 Å². The van der Waals surface area contributed by atoms with E-state index >= 15 is 0 Å². The van der Waals surface area contributed by atoms with Crippen LogP contribution in [-0.4, -0.2) is 10.7 Å². The Labute approximate surface area is 113 Å². The summed E-state index contributed by atoms with van der Waals surface area (Å²) in [5.41, 5.74) is -0.122. The molecule has 2 rings (SSSR count). The molecule has 2 aliphatic carbocycles. The molecule has 106 valence electrons. The molecule has 0 heterocycles. The first-order chi connectivity index (χ1) is 8.03. The standard InChI is InChI=1S/C17H32O/c1-10(2)14-11-8-12(15(14)16(3,4)5)13(9-11)17(6,7)18/h10-15,18H,8-9H2,1-7H3. The van der Waals surface area contributed by atoms with Gasteiger partial charge in [-0.05, 0) is 67.6 Å². The van der Waals surface area contributed by atoms with Crippen LogP contribution in [-0.2, 0) is 0 Å². The summed E-state index contributed by atoms with van der Waals surface area (Å²) in [6, 6.07) is 0. The van der Waals surface area contributed by atoms with E-state index in [9.17, 15) is 5.11 Å². The Kier molecular flexibility index (Phi) is 3.38. The van der Waals surface area contributed by atoms with Crippen LogP contribution in [0.3, 0.4) is 0 Å². The van der Waals surface area contributed by atoms with Gasteiger partial charge in [-0.3, -0.25) is 0 Å². The Morgan fingerprint density at radius 2 is 1.56 bits per heavy atom. The van der Waals surface area contributed by atoms with Crippen LogP contribution < -0.4 is 0 Å². The van der Waals surface area contributed by atoms with Gasteiger partial charge in [0.2, 0.25) is 0 Å². The minimum Gasteiger partial charge on any atom is -0.390 e. The van der Waals surface area contributed by atoms with Crippen molar-refractivity contribution in [3.8, 4) is 0 Å². The highest BCUT2D eigenvalue weighted by atomic mass is 16.3. The lowest BCUT2D eigenvalue weighted by Gasteiger charge is -2.47. The zero-order valence-corrected chi connectivity index (χ0v) is 13.3. The lowest BCUT2D eigenvalue weighted by Crippen LogP contribution is -2.45. The van der Waals surface area contributed by atoms with E-state index in [0.717, 1.165) is 29.6 Å². The zero-order chi connectivity index (χ0) is 13.9. The van der Waals surface area contributed by atoms with E-state index < -0.39 is 5.60 Å². The molecule has 0 aromatic carbocycles. The van der Waals surface area contributed by atoms with E-state index in [1.165, 1.54) is 12.8 Å². The Morgan fingerprint density at radius 3 is 1.94 bits per heavy atom. The van der Waals surface area contributed by atoms with Crippen molar-refractivity contribution in [2.75, 3.05) is 0 Å². The molecule has 2 saturated carbocycles. The molecule has 5 atom stereocenters. The molecule has 18 heavy (non-hydrogen) atoms. The fraction of sp³-hybridized carbons (Fsp3) is 1.00. The maximum absolute atomic E-state index is 10.4. The first-order valence-corrected chi connectivity index (χ1v) is 7.76. The second-order valence-electron chi connectivity index (χ2n) is 8.87. The molecule has 0 spiro atoms. The molecule has 1 nitrogen and oxygen atoms in total. The van der Waals surface area contributed by atoms with Crippen molar-refractivity contribution in [1.29, 1.82) is 0 Å². The number of hydrogen-bond acceptors (Lipinski definition) is 1. The summed E-state index contributed by atoms with van der Waals surface area (Å²) in [4.78, 5) is 0. The molecule has 2 aliphatic rings. The van der Waals surface area contributed by atoms with Crippen molar-refractivity contribution in [2.45, 2.75) is 66.9 Å². The number of fused-ring (bicyclic) bond motifs is 2. The van der Waals surface area contributed by atoms with Crippen molar-refractivity contribution >= 4 is 0 Å². The second kappa shape index (κ2) is 4.23. The summed E-state index contributed by atoms with van der Waals surface area (Å²) in [5, 5.41) is 10.4. The molecule has 2 bridgehead atoms. The summed E-state index contributed by atoms with van der Waals surface area (Å²) in [6.45, 7) is 16.0. The predicted molar refractivity (Wildman–Crippen MR) is 77.3 cm³/mol. The van der Waals surface area contributed by atoms with Gasteiger partial charge >= 0.3 is 0 Å². The molecular weight excluding hydrogens is 220 g/mol. The van der Waals surface area contributed by atoms with Crippen LogP contribution in [0.2, 0.25) is 0 Å². The van der Waals surface area contributed by atoms with Crippen LogP contribution in [0.25, 0.3) is 0 Å². The van der Waals surface area contributed by atoms with Crippen LogP contribution in [0.4, 0.5) is 0 Å². The van der Waals surface area contributed by atoms with Gasteiger partial charge in [0, 0.05) is 0 Å². The highest BCUT2D eigenvalue weighted by Crippen LogP contribution is 2.63. The van der Waals surface area contributed by atoms with Crippen molar-refractivity contribution in [2.24, 2.45) is 40.9 Å². The first-order valence-electron chi connectivity index (χ1n) is 7.76. The van der Waals surface area contributed by atoms with E-state index in [-0.39, 0.29) is 0 Å². The summed E-state index contributed by atoms with van der Waals surface area (Å²) in [5.74, 6) is 4.55. The van der Waals surface area contributed by atoms with Crippen LogP contribution in [0.15, 0.2) is 0 Å². The van der Waals surface area contributed by atoms with E-state index in [1.54, 1.807) is 0 Å². The fourth-order valence-electron chi connectivity index (χ4n) is 5.39. The van der Waals surface area contributed by atoms with Gasteiger partial charge in [0.25, 0.3) is 0 Å². The first kappa shape index (κ1) is 14.4. The molecule has 2 fully saturated rings. The minimum atomic E-state index is -0.495. The third-order valence-electron chi connectivity index (χ3n) is 5.75. The van der Waals surface area contributed by atoms with Crippen LogP contribution >= 0.6 is 0 Å². The summed E-state index contributed by atoms with van der Waals surface area (Å²) < 4.78 is 0. The molecule has 0 aromatic rings. The van der Waals surface area contributed by atoms with E-state index in [1.807, 2.05) is 13.8 Å². The second-order valence-corrected chi connectivity index (χ2v) is 8.87. The molecule has 0 amide bonds. The molecule has 1 heteroatoms. The number of rotatable bonds is 2. The average molecular weight is 252 g/mol. The van der Waals surface area contributed by atoms with Crippen molar-refractivity contribution < 1.29 is 5.11 Å². The van der Waals surface area contributed by atoms with Gasteiger partial charge in [0.05, 0.1) is 5.60 Å². The van der Waals surface area contributed by atoms with Crippen LogP contribution in [0.1, 0.15) is 61.3 Å². The van der Waals surface area contributed by atoms with E-state index in [4.69, 9.17) is 0 Å². The van der Waals surface area contributed by atoms with Gasteiger partial charge in [0.1, 0.15) is 0 Å². The monoisotopic (exact) mass is 252 g/mol. The van der Waals surface area contributed by atoms with Gasteiger partial charge in [-0.25, -0.2) is 0 Å². The molecule has 1 N–H and O–H groups in total. The summed E-state index contributed by atoms with van der Waals surface area (Å²) in [7, 11) is 0. The Bertz CT molecular complexity index is 305. The smallest absolute Gasteiger partial charge is 0.0622 e. The maximum Gasteiger partial charge on any atom is 0.0622 e. The molecule has 0 radical (unpaired) electrons. The highest BCUT2D eigenvalue weighted by Gasteiger charge is 2.58. The lowest BCUT2D eigenvalue weighted by atomic mass is 9.58. The number of hydrogen-bond donors (Lipinski definition) is 1. The lowest BCUT2D eigenvalue weighted by molar-refractivity contribution is -0.0588. The Morgan fingerprint density at radius 1 is 1.00 bits per heavy atom. The fourth-order valence-corrected chi connectivity index (χ4v) is 5.39. The summed E-state index contributed by atoms with van der Waals surface area (Å²) in [6.07, 6.45) is 2.61. The van der Waals surface area contributed by atoms with Gasteiger partial charge in [-0.1, -0.05) is 34.6 Å². The molecule has 5 unspecified atom stereocenters. The van der Waals surface area contributed by atoms with Crippen LogP contribution in [0, 0.1) is 40.9 Å². The van der Waals surface area contributed by atoms with Crippen molar-refractivity contribution in [3.63, 3.8) is 0 Å². The van der Waals surface area contributed by atoms with Crippen LogP contribution in [0.5, 0.6) is 0 Å². The van der Waals surface area contributed by atoms with Crippen molar-refractivity contribution in [1.82, 2.24) is 0 Å². The third kappa shape index (κ3) is 2.24. The molecule has 0 aliphatic heterocycles. The van der Waals surface area contributed by atoms with Gasteiger partial charge in [0.15, 0.2) is 0 Å². The van der Waals surface area contributed by atoms with Gasteiger partial charge in [-0.2, -0.15) is 0 Å². The maximum atomic E-state index is 10.4. The quantitative estimate of drug-likeness (QED) is 0.774. The third-order valence-corrected chi connectivity index (χ3v) is 5.75.